The minimum atomic E-state index is -0.157. The fourth-order valence-corrected chi connectivity index (χ4v) is 1.46. The van der Waals surface area contributed by atoms with E-state index in [4.69, 9.17) is 0 Å². The van der Waals surface area contributed by atoms with Gasteiger partial charge >= 0.3 is 0 Å². The second-order valence-electron chi connectivity index (χ2n) is 3.00. The van der Waals surface area contributed by atoms with Gasteiger partial charge in [0.05, 0.1) is 0 Å². The molecule has 15 heavy (non-hydrogen) atoms. The van der Waals surface area contributed by atoms with Crippen LogP contribution in [-0.2, 0) is 4.79 Å². The third-order valence-corrected chi connectivity index (χ3v) is 2.13. The second kappa shape index (κ2) is 3.49. The van der Waals surface area contributed by atoms with E-state index in [2.05, 4.69) is 4.74 Å². The Morgan fingerprint density at radius 3 is 2.47 bits per heavy atom. The molecule has 4 nitrogen and oxygen atoms in total. The number of ether oxygens (including phenoxy) is 1. The first kappa shape index (κ1) is 9.33. The van der Waals surface area contributed by atoms with E-state index in [1.165, 1.54) is 6.07 Å². The quantitative estimate of drug-likeness (QED) is 0.578. The van der Waals surface area contributed by atoms with E-state index in [-0.39, 0.29) is 23.7 Å². The van der Waals surface area contributed by atoms with Crippen molar-refractivity contribution < 1.29 is 19.7 Å². The van der Waals surface area contributed by atoms with Crippen molar-refractivity contribution in [2.75, 3.05) is 0 Å². The van der Waals surface area contributed by atoms with Crippen LogP contribution in [0.3, 0.4) is 0 Å². The van der Waals surface area contributed by atoms with Gasteiger partial charge in [0, 0.05) is 16.8 Å². The average molecular weight is 204 g/mol. The van der Waals surface area contributed by atoms with Gasteiger partial charge < -0.3 is 14.9 Å². The van der Waals surface area contributed by atoms with Gasteiger partial charge in [-0.05, 0) is 0 Å². The molecule has 0 unspecified atom stereocenters. The smallest absolute Gasteiger partial charge is 0.298 e. The zero-order chi connectivity index (χ0) is 10.8. The van der Waals surface area contributed by atoms with Crippen LogP contribution in [-0.4, -0.2) is 16.7 Å². The molecule has 0 aliphatic heterocycles. The number of hydrogen-bond acceptors (Lipinski definition) is 4. The molecule has 0 aromatic heterocycles. The van der Waals surface area contributed by atoms with Crippen molar-refractivity contribution in [1.82, 2.24) is 0 Å². The monoisotopic (exact) mass is 204 g/mol. The minimum Gasteiger partial charge on any atom is -0.507 e. The van der Waals surface area contributed by atoms with Crippen LogP contribution >= 0.6 is 0 Å². The lowest BCUT2D eigenvalue weighted by Crippen LogP contribution is -1.89. The molecule has 2 aromatic rings. The Hall–Kier alpha value is -2.23. The first-order valence-corrected chi connectivity index (χ1v) is 4.28. The van der Waals surface area contributed by atoms with Crippen molar-refractivity contribution in [3.8, 4) is 17.2 Å². The normalized spacial score (nSPS) is 10.1. The van der Waals surface area contributed by atoms with Crippen molar-refractivity contribution in [2.24, 2.45) is 0 Å². The summed E-state index contributed by atoms with van der Waals surface area (Å²) in [6.45, 7) is 0.198. The Morgan fingerprint density at radius 1 is 1.13 bits per heavy atom. The zero-order valence-electron chi connectivity index (χ0n) is 7.68. The summed E-state index contributed by atoms with van der Waals surface area (Å²) in [7, 11) is 0. The molecule has 4 heteroatoms. The van der Waals surface area contributed by atoms with Gasteiger partial charge in [-0.2, -0.15) is 0 Å². The van der Waals surface area contributed by atoms with Crippen LogP contribution in [0.5, 0.6) is 17.2 Å². The standard InChI is InChI=1S/C11H8O4/c12-6-15-10-5-9(13)7-3-1-2-4-8(7)11(10)14/h1-6,13-14H. The van der Waals surface area contributed by atoms with Gasteiger partial charge in [0.1, 0.15) is 5.75 Å². The Balaban J connectivity index is 2.78. The number of hydrogen-bond donors (Lipinski definition) is 2. The highest BCUT2D eigenvalue weighted by Gasteiger charge is 2.11. The van der Waals surface area contributed by atoms with E-state index < -0.39 is 0 Å². The van der Waals surface area contributed by atoms with Gasteiger partial charge in [0.2, 0.25) is 0 Å². The second-order valence-corrected chi connectivity index (χ2v) is 3.00. The lowest BCUT2D eigenvalue weighted by Gasteiger charge is -2.07. The van der Waals surface area contributed by atoms with Crippen molar-refractivity contribution in [3.05, 3.63) is 30.3 Å². The number of aromatic hydroxyl groups is 2. The molecule has 0 saturated carbocycles. The van der Waals surface area contributed by atoms with E-state index in [1.54, 1.807) is 24.3 Å². The number of rotatable bonds is 2. The molecule has 0 heterocycles. The Morgan fingerprint density at radius 2 is 1.80 bits per heavy atom. The predicted molar refractivity (Wildman–Crippen MR) is 54.0 cm³/mol. The van der Waals surface area contributed by atoms with Crippen LogP contribution in [0.15, 0.2) is 30.3 Å². The van der Waals surface area contributed by atoms with Crippen LogP contribution in [0.25, 0.3) is 10.8 Å². The van der Waals surface area contributed by atoms with Crippen molar-refractivity contribution in [1.29, 1.82) is 0 Å². The number of phenolic OH excluding ortho intramolecular Hbond substituents is 2. The lowest BCUT2D eigenvalue weighted by atomic mass is 10.1. The first-order valence-electron chi connectivity index (χ1n) is 4.28. The molecule has 2 aromatic carbocycles. The maximum absolute atomic E-state index is 10.2. The third-order valence-electron chi connectivity index (χ3n) is 2.13. The molecule has 0 bridgehead atoms. The fraction of sp³-hybridized carbons (Fsp3) is 0. The van der Waals surface area contributed by atoms with E-state index in [0.29, 0.717) is 10.8 Å². The SMILES string of the molecule is O=COc1cc(O)c2ccccc2c1O. The van der Waals surface area contributed by atoms with Crippen LogP contribution < -0.4 is 4.74 Å². The summed E-state index contributed by atoms with van der Waals surface area (Å²) in [5.41, 5.74) is 0. The van der Waals surface area contributed by atoms with E-state index in [1.807, 2.05) is 0 Å². The van der Waals surface area contributed by atoms with Crippen LogP contribution in [0.4, 0.5) is 0 Å². The summed E-state index contributed by atoms with van der Waals surface area (Å²) in [6, 6.07) is 7.94. The third kappa shape index (κ3) is 1.46. The average Bonchev–Trinajstić information content (AvgIpc) is 2.26. The Bertz CT molecular complexity index is 519. The zero-order valence-corrected chi connectivity index (χ0v) is 7.68. The summed E-state index contributed by atoms with van der Waals surface area (Å²) in [4.78, 5) is 10.2. The van der Waals surface area contributed by atoms with Crippen molar-refractivity contribution in [3.63, 3.8) is 0 Å². The number of carbonyl (C=O) groups is 1. The van der Waals surface area contributed by atoms with E-state index in [9.17, 15) is 15.0 Å². The Labute approximate surface area is 85.3 Å². The molecule has 0 radical (unpaired) electrons. The number of benzene rings is 2. The molecule has 0 spiro atoms. The van der Waals surface area contributed by atoms with Crippen molar-refractivity contribution in [2.45, 2.75) is 0 Å². The highest BCUT2D eigenvalue weighted by molar-refractivity contribution is 5.95. The summed E-state index contributed by atoms with van der Waals surface area (Å²) in [5, 5.41) is 20.3. The van der Waals surface area contributed by atoms with Gasteiger partial charge in [0.15, 0.2) is 11.5 Å². The largest absolute Gasteiger partial charge is 0.507 e. The highest BCUT2D eigenvalue weighted by Crippen LogP contribution is 2.39. The van der Waals surface area contributed by atoms with Gasteiger partial charge in [-0.3, -0.25) is 4.79 Å². The molecule has 0 saturated heterocycles. The van der Waals surface area contributed by atoms with Gasteiger partial charge in [-0.15, -0.1) is 0 Å². The van der Waals surface area contributed by atoms with Gasteiger partial charge in [-0.25, -0.2) is 0 Å². The molecular weight excluding hydrogens is 196 g/mol. The van der Waals surface area contributed by atoms with Crippen molar-refractivity contribution >= 4 is 17.2 Å². The number of fused-ring (bicyclic) bond motifs is 1. The summed E-state index contributed by atoms with van der Waals surface area (Å²) >= 11 is 0. The van der Waals surface area contributed by atoms with Gasteiger partial charge in [0.25, 0.3) is 6.47 Å². The molecule has 0 aliphatic rings. The highest BCUT2D eigenvalue weighted by atomic mass is 16.5. The topological polar surface area (TPSA) is 66.8 Å². The minimum absolute atomic E-state index is 0.0414. The maximum atomic E-state index is 10.2. The van der Waals surface area contributed by atoms with Crippen LogP contribution in [0.1, 0.15) is 0 Å². The lowest BCUT2D eigenvalue weighted by molar-refractivity contribution is -0.120. The summed E-state index contributed by atoms with van der Waals surface area (Å²) < 4.78 is 4.54. The molecule has 2 N–H and O–H groups in total. The van der Waals surface area contributed by atoms with Gasteiger partial charge in [-0.1, -0.05) is 24.3 Å². The molecule has 2 rings (SSSR count). The Kier molecular flexibility index (Phi) is 2.17. The number of carbonyl (C=O) groups excluding carboxylic acids is 1. The fourth-order valence-electron chi connectivity index (χ4n) is 1.46. The summed E-state index contributed by atoms with van der Waals surface area (Å²) in [6.07, 6.45) is 0. The van der Waals surface area contributed by atoms with E-state index >= 15 is 0 Å². The number of phenols is 2. The molecule has 0 aliphatic carbocycles. The molecular formula is C11H8O4. The molecule has 0 fully saturated rings. The predicted octanol–water partition coefficient (Wildman–Crippen LogP) is 1.79. The molecule has 76 valence electrons. The first-order chi connectivity index (χ1) is 7.24. The van der Waals surface area contributed by atoms with E-state index in [0.717, 1.165) is 0 Å². The van der Waals surface area contributed by atoms with Crippen LogP contribution in [0, 0.1) is 0 Å². The molecule has 0 atom stereocenters. The van der Waals surface area contributed by atoms with Crippen LogP contribution in [0.2, 0.25) is 0 Å². The maximum Gasteiger partial charge on any atom is 0.298 e. The summed E-state index contributed by atoms with van der Waals surface area (Å²) in [5.74, 6) is -0.253. The molecule has 0 amide bonds.